The fourth-order valence-electron chi connectivity index (χ4n) is 2.75. The molecule has 0 unspecified atom stereocenters. The average molecular weight is 424 g/mol. The Bertz CT molecular complexity index is 1200. The molecule has 0 bridgehead atoms. The van der Waals surface area contributed by atoms with E-state index in [2.05, 4.69) is 15.6 Å². The van der Waals surface area contributed by atoms with Gasteiger partial charge in [-0.05, 0) is 18.6 Å². The van der Waals surface area contributed by atoms with Crippen molar-refractivity contribution in [1.82, 2.24) is 15.2 Å². The summed E-state index contributed by atoms with van der Waals surface area (Å²) in [5.41, 5.74) is 2.59. The van der Waals surface area contributed by atoms with Crippen molar-refractivity contribution in [3.05, 3.63) is 91.3 Å². The zero-order valence-electron chi connectivity index (χ0n) is 16.1. The summed E-state index contributed by atoms with van der Waals surface area (Å²) in [5, 5.41) is 39.6. The number of aromatic hydroxyl groups is 1. The molecule has 0 aliphatic heterocycles. The summed E-state index contributed by atoms with van der Waals surface area (Å²) in [6, 6.07) is 10.8. The Morgan fingerprint density at radius 2 is 2.00 bits per heavy atom. The van der Waals surface area contributed by atoms with Crippen LogP contribution in [0.4, 0.5) is 11.4 Å². The molecule has 0 aliphatic carbocycles. The third-order valence-corrected chi connectivity index (χ3v) is 4.18. The second kappa shape index (κ2) is 8.82. The number of non-ortho nitro benzene ring substituents is 1. The Morgan fingerprint density at radius 3 is 2.68 bits per heavy atom. The second-order valence-electron chi connectivity index (χ2n) is 6.50. The molecular formula is C19H16N6O6. The molecule has 158 valence electrons. The SMILES string of the molecule is Cc1cccc(Cn2ccc(C(=O)N/N=C/c3cc([N+](=O)[O-])cc([N+](=O)[O-])c3O)n2)c1. The van der Waals surface area contributed by atoms with E-state index in [1.54, 1.807) is 10.9 Å². The van der Waals surface area contributed by atoms with Crippen LogP contribution in [0.25, 0.3) is 0 Å². The number of nitrogens with zero attached hydrogens (tertiary/aromatic N) is 5. The Balaban J connectivity index is 1.72. The van der Waals surface area contributed by atoms with Gasteiger partial charge in [-0.2, -0.15) is 10.2 Å². The molecule has 31 heavy (non-hydrogen) atoms. The number of phenolic OH excluding ortho intramolecular Hbond substituents is 1. The van der Waals surface area contributed by atoms with Gasteiger partial charge < -0.3 is 5.11 Å². The van der Waals surface area contributed by atoms with Crippen LogP contribution < -0.4 is 5.43 Å². The van der Waals surface area contributed by atoms with Gasteiger partial charge in [0.2, 0.25) is 5.75 Å². The lowest BCUT2D eigenvalue weighted by atomic mass is 10.1. The Kier molecular flexibility index (Phi) is 6.00. The number of aryl methyl sites for hydroxylation is 1. The molecule has 0 spiro atoms. The molecule has 0 saturated carbocycles. The number of phenols is 1. The highest BCUT2D eigenvalue weighted by Crippen LogP contribution is 2.33. The van der Waals surface area contributed by atoms with Crippen LogP contribution in [0.2, 0.25) is 0 Å². The number of hydrazone groups is 1. The number of aromatic nitrogens is 2. The van der Waals surface area contributed by atoms with Gasteiger partial charge in [0, 0.05) is 12.3 Å². The first kappa shape index (κ1) is 21.1. The molecule has 1 aromatic heterocycles. The van der Waals surface area contributed by atoms with Gasteiger partial charge in [0.15, 0.2) is 5.69 Å². The summed E-state index contributed by atoms with van der Waals surface area (Å²) in [6.07, 6.45) is 2.49. The van der Waals surface area contributed by atoms with Crippen LogP contribution >= 0.6 is 0 Å². The van der Waals surface area contributed by atoms with Crippen molar-refractivity contribution >= 4 is 23.5 Å². The maximum atomic E-state index is 12.2. The van der Waals surface area contributed by atoms with Crippen molar-refractivity contribution in [2.45, 2.75) is 13.5 Å². The van der Waals surface area contributed by atoms with Crippen LogP contribution in [0.5, 0.6) is 5.75 Å². The number of amides is 1. The highest BCUT2D eigenvalue weighted by molar-refractivity contribution is 5.93. The van der Waals surface area contributed by atoms with Crippen LogP contribution in [0, 0.1) is 27.2 Å². The number of rotatable bonds is 7. The number of nitrogens with one attached hydrogen (secondary N) is 1. The Morgan fingerprint density at radius 1 is 1.23 bits per heavy atom. The minimum absolute atomic E-state index is 0.0686. The van der Waals surface area contributed by atoms with Crippen molar-refractivity contribution in [1.29, 1.82) is 0 Å². The summed E-state index contributed by atoms with van der Waals surface area (Å²) < 4.78 is 1.57. The summed E-state index contributed by atoms with van der Waals surface area (Å²) in [6.45, 7) is 2.43. The standard InChI is InChI=1S/C19H16N6O6/c1-12-3-2-4-13(7-12)11-23-6-5-16(22-23)19(27)21-20-10-14-8-15(24(28)29)9-17(18(14)26)25(30)31/h2-10,26H,11H2,1H3,(H,21,27)/b20-10+. The van der Waals surface area contributed by atoms with Crippen molar-refractivity contribution in [2.75, 3.05) is 0 Å². The van der Waals surface area contributed by atoms with Gasteiger partial charge >= 0.3 is 5.69 Å². The van der Waals surface area contributed by atoms with E-state index >= 15 is 0 Å². The highest BCUT2D eigenvalue weighted by Gasteiger charge is 2.23. The van der Waals surface area contributed by atoms with Gasteiger partial charge in [-0.15, -0.1) is 0 Å². The number of nitro groups is 2. The van der Waals surface area contributed by atoms with E-state index < -0.39 is 32.9 Å². The van der Waals surface area contributed by atoms with E-state index in [0.29, 0.717) is 12.6 Å². The zero-order valence-corrected chi connectivity index (χ0v) is 16.1. The molecule has 0 radical (unpaired) electrons. The summed E-state index contributed by atoms with van der Waals surface area (Å²) in [4.78, 5) is 32.3. The predicted octanol–water partition coefficient (Wildman–Crippen LogP) is 2.53. The molecule has 0 fully saturated rings. The van der Waals surface area contributed by atoms with Gasteiger partial charge in [-0.1, -0.05) is 29.8 Å². The van der Waals surface area contributed by atoms with Crippen LogP contribution in [0.15, 0.2) is 53.8 Å². The smallest absolute Gasteiger partial charge is 0.318 e. The van der Waals surface area contributed by atoms with E-state index in [-0.39, 0.29) is 11.3 Å². The first-order chi connectivity index (χ1) is 14.7. The van der Waals surface area contributed by atoms with E-state index in [9.17, 15) is 30.1 Å². The summed E-state index contributed by atoms with van der Waals surface area (Å²) in [5.74, 6) is -1.48. The molecule has 2 N–H and O–H groups in total. The van der Waals surface area contributed by atoms with Crippen molar-refractivity contribution in [3.8, 4) is 5.75 Å². The number of carbonyl (C=O) groups is 1. The number of hydrogen-bond acceptors (Lipinski definition) is 8. The molecule has 3 aromatic rings. The Hall–Kier alpha value is -4.61. The molecule has 0 aliphatic rings. The normalized spacial score (nSPS) is 10.9. The summed E-state index contributed by atoms with van der Waals surface area (Å²) >= 11 is 0. The van der Waals surface area contributed by atoms with E-state index in [1.165, 1.54) is 6.07 Å². The largest absolute Gasteiger partial charge is 0.502 e. The molecule has 12 nitrogen and oxygen atoms in total. The molecule has 0 atom stereocenters. The van der Waals surface area contributed by atoms with Gasteiger partial charge in [0.1, 0.15) is 0 Å². The Labute approximate surface area is 174 Å². The van der Waals surface area contributed by atoms with Gasteiger partial charge in [0.05, 0.1) is 34.2 Å². The molecule has 3 rings (SSSR count). The topological polar surface area (TPSA) is 166 Å². The third-order valence-electron chi connectivity index (χ3n) is 4.18. The zero-order chi connectivity index (χ0) is 22.5. The predicted molar refractivity (Wildman–Crippen MR) is 109 cm³/mol. The van der Waals surface area contributed by atoms with E-state index in [1.807, 2.05) is 31.2 Å². The second-order valence-corrected chi connectivity index (χ2v) is 6.50. The third kappa shape index (κ3) is 5.06. The lowest BCUT2D eigenvalue weighted by Gasteiger charge is -2.03. The van der Waals surface area contributed by atoms with Crippen molar-refractivity contribution in [2.24, 2.45) is 5.10 Å². The fourth-order valence-corrected chi connectivity index (χ4v) is 2.75. The number of benzene rings is 2. The molecule has 12 heteroatoms. The van der Waals surface area contributed by atoms with Crippen molar-refractivity contribution in [3.63, 3.8) is 0 Å². The summed E-state index contributed by atoms with van der Waals surface area (Å²) in [7, 11) is 0. The molecule has 2 aromatic carbocycles. The van der Waals surface area contributed by atoms with Crippen LogP contribution in [0.3, 0.4) is 0 Å². The quantitative estimate of drug-likeness (QED) is 0.334. The van der Waals surface area contributed by atoms with Gasteiger partial charge in [0.25, 0.3) is 11.6 Å². The average Bonchev–Trinajstić information content (AvgIpc) is 3.17. The van der Waals surface area contributed by atoms with Crippen LogP contribution in [0.1, 0.15) is 27.2 Å². The lowest BCUT2D eigenvalue weighted by molar-refractivity contribution is -0.394. The van der Waals surface area contributed by atoms with Crippen molar-refractivity contribution < 1.29 is 19.7 Å². The molecular weight excluding hydrogens is 408 g/mol. The minimum atomic E-state index is -0.959. The van der Waals surface area contributed by atoms with Crippen LogP contribution in [-0.4, -0.2) is 36.9 Å². The molecule has 1 heterocycles. The number of hydrogen-bond donors (Lipinski definition) is 2. The lowest BCUT2D eigenvalue weighted by Crippen LogP contribution is -2.18. The molecule has 1 amide bonds. The maximum absolute atomic E-state index is 12.2. The monoisotopic (exact) mass is 424 g/mol. The first-order valence-corrected chi connectivity index (χ1v) is 8.83. The molecule has 0 saturated heterocycles. The highest BCUT2D eigenvalue weighted by atomic mass is 16.6. The van der Waals surface area contributed by atoms with Crippen LogP contribution in [-0.2, 0) is 6.54 Å². The number of nitro benzene ring substituents is 2. The van der Waals surface area contributed by atoms with E-state index in [0.717, 1.165) is 23.4 Å². The maximum Gasteiger partial charge on any atom is 0.318 e. The fraction of sp³-hybridized carbons (Fsp3) is 0.105. The van der Waals surface area contributed by atoms with Gasteiger partial charge in [-0.3, -0.25) is 29.7 Å². The van der Waals surface area contributed by atoms with E-state index in [4.69, 9.17) is 0 Å². The first-order valence-electron chi connectivity index (χ1n) is 8.83. The number of carbonyl (C=O) groups excluding carboxylic acids is 1. The minimum Gasteiger partial charge on any atom is -0.502 e. The van der Waals surface area contributed by atoms with Gasteiger partial charge in [-0.25, -0.2) is 5.43 Å².